The average molecular weight is 248 g/mol. The number of nitrogens with zero attached hydrogens (tertiary/aromatic N) is 1. The van der Waals surface area contributed by atoms with Gasteiger partial charge in [0.2, 0.25) is 0 Å². The van der Waals surface area contributed by atoms with Crippen LogP contribution in [0.2, 0.25) is 0 Å². The molecule has 1 saturated carbocycles. The van der Waals surface area contributed by atoms with Crippen molar-refractivity contribution < 1.29 is 4.39 Å². The van der Waals surface area contributed by atoms with E-state index in [9.17, 15) is 4.39 Å². The molecule has 0 atom stereocenters. The van der Waals surface area contributed by atoms with Crippen molar-refractivity contribution in [3.63, 3.8) is 0 Å². The fourth-order valence-electron chi connectivity index (χ4n) is 1.97. The van der Waals surface area contributed by atoms with Crippen LogP contribution < -0.4 is 5.73 Å². The summed E-state index contributed by atoms with van der Waals surface area (Å²) >= 11 is 1.59. The summed E-state index contributed by atoms with van der Waals surface area (Å²) in [4.78, 5) is 5.65. The molecule has 1 aromatic carbocycles. The highest BCUT2D eigenvalue weighted by atomic mass is 32.1. The number of aryl methyl sites for hydroxylation is 1. The van der Waals surface area contributed by atoms with Crippen molar-refractivity contribution >= 4 is 11.3 Å². The summed E-state index contributed by atoms with van der Waals surface area (Å²) < 4.78 is 13.2. The van der Waals surface area contributed by atoms with Gasteiger partial charge in [-0.15, -0.1) is 11.3 Å². The Morgan fingerprint density at radius 3 is 2.82 bits per heavy atom. The number of aromatic nitrogens is 1. The smallest absolute Gasteiger partial charge is 0.124 e. The quantitative estimate of drug-likeness (QED) is 0.886. The first kappa shape index (κ1) is 10.9. The SMILES string of the molecule is Cc1nc(-c2cccc(F)c2)sc1C1(N)CC1. The van der Waals surface area contributed by atoms with Crippen LogP contribution in [-0.2, 0) is 5.54 Å². The molecule has 1 fully saturated rings. The summed E-state index contributed by atoms with van der Waals surface area (Å²) in [6, 6.07) is 6.53. The molecule has 1 aliphatic rings. The summed E-state index contributed by atoms with van der Waals surface area (Å²) in [5.74, 6) is -0.231. The minimum Gasteiger partial charge on any atom is -0.321 e. The highest BCUT2D eigenvalue weighted by Gasteiger charge is 2.43. The maximum absolute atomic E-state index is 13.2. The molecule has 3 rings (SSSR count). The zero-order chi connectivity index (χ0) is 12.0. The predicted molar refractivity (Wildman–Crippen MR) is 67.3 cm³/mol. The molecule has 0 spiro atoms. The molecule has 0 saturated heterocycles. The fraction of sp³-hybridized carbons (Fsp3) is 0.308. The third-order valence-electron chi connectivity index (χ3n) is 3.11. The Hall–Kier alpha value is -1.26. The molecule has 0 bridgehead atoms. The van der Waals surface area contributed by atoms with Crippen molar-refractivity contribution in [2.45, 2.75) is 25.3 Å². The van der Waals surface area contributed by atoms with Gasteiger partial charge in [-0.3, -0.25) is 0 Å². The summed E-state index contributed by atoms with van der Waals surface area (Å²) in [6.45, 7) is 1.97. The lowest BCUT2D eigenvalue weighted by atomic mass is 10.2. The highest BCUT2D eigenvalue weighted by molar-refractivity contribution is 7.15. The number of benzene rings is 1. The van der Waals surface area contributed by atoms with E-state index in [1.165, 1.54) is 12.1 Å². The van der Waals surface area contributed by atoms with E-state index in [0.717, 1.165) is 34.0 Å². The van der Waals surface area contributed by atoms with Crippen molar-refractivity contribution in [1.82, 2.24) is 4.98 Å². The van der Waals surface area contributed by atoms with Crippen LogP contribution in [0.3, 0.4) is 0 Å². The average Bonchev–Trinajstić information content (AvgIpc) is 2.89. The van der Waals surface area contributed by atoms with Crippen molar-refractivity contribution in [3.8, 4) is 10.6 Å². The maximum atomic E-state index is 13.2. The van der Waals surface area contributed by atoms with E-state index in [1.54, 1.807) is 17.4 Å². The number of nitrogens with two attached hydrogens (primary N) is 1. The summed E-state index contributed by atoms with van der Waals surface area (Å²) in [5, 5.41) is 0.855. The number of hydrogen-bond donors (Lipinski definition) is 1. The second kappa shape index (κ2) is 3.62. The molecule has 88 valence electrons. The molecule has 2 aromatic rings. The molecule has 17 heavy (non-hydrogen) atoms. The minimum absolute atomic E-state index is 0.159. The molecular formula is C13H13FN2S. The van der Waals surface area contributed by atoms with E-state index in [-0.39, 0.29) is 11.4 Å². The Morgan fingerprint density at radius 2 is 2.18 bits per heavy atom. The normalized spacial score (nSPS) is 17.1. The first-order valence-corrected chi connectivity index (χ1v) is 6.43. The maximum Gasteiger partial charge on any atom is 0.124 e. The molecule has 1 aliphatic carbocycles. The van der Waals surface area contributed by atoms with E-state index < -0.39 is 0 Å². The Balaban J connectivity index is 2.05. The molecular weight excluding hydrogens is 235 g/mol. The van der Waals surface area contributed by atoms with Gasteiger partial charge in [0, 0.05) is 10.4 Å². The lowest BCUT2D eigenvalue weighted by Crippen LogP contribution is -2.18. The summed E-state index contributed by atoms with van der Waals surface area (Å²) in [7, 11) is 0. The number of thiazole rings is 1. The van der Waals surface area contributed by atoms with E-state index in [2.05, 4.69) is 4.98 Å². The highest BCUT2D eigenvalue weighted by Crippen LogP contribution is 2.47. The van der Waals surface area contributed by atoms with Crippen LogP contribution in [-0.4, -0.2) is 4.98 Å². The molecule has 0 amide bonds. The molecule has 0 unspecified atom stereocenters. The van der Waals surface area contributed by atoms with Gasteiger partial charge in [-0.25, -0.2) is 9.37 Å². The molecule has 4 heteroatoms. The molecule has 1 heterocycles. The van der Waals surface area contributed by atoms with Crippen molar-refractivity contribution in [2.75, 3.05) is 0 Å². The van der Waals surface area contributed by atoms with Gasteiger partial charge in [-0.1, -0.05) is 12.1 Å². The van der Waals surface area contributed by atoms with Crippen molar-refractivity contribution in [2.24, 2.45) is 5.73 Å². The van der Waals surface area contributed by atoms with E-state index in [1.807, 2.05) is 13.0 Å². The third-order valence-corrected chi connectivity index (χ3v) is 4.54. The van der Waals surface area contributed by atoms with E-state index >= 15 is 0 Å². The minimum atomic E-state index is -0.231. The van der Waals surface area contributed by atoms with Gasteiger partial charge in [-0.2, -0.15) is 0 Å². The van der Waals surface area contributed by atoms with Gasteiger partial charge >= 0.3 is 0 Å². The Morgan fingerprint density at radius 1 is 1.41 bits per heavy atom. The number of hydrogen-bond acceptors (Lipinski definition) is 3. The standard InChI is InChI=1S/C13H13FN2S/c1-8-11(13(15)5-6-13)17-12(16-8)9-3-2-4-10(14)7-9/h2-4,7H,5-6,15H2,1H3. The van der Waals surface area contributed by atoms with Crippen molar-refractivity contribution in [3.05, 3.63) is 40.7 Å². The van der Waals surface area contributed by atoms with Gasteiger partial charge in [0.25, 0.3) is 0 Å². The van der Waals surface area contributed by atoms with Crippen LogP contribution in [0, 0.1) is 12.7 Å². The monoisotopic (exact) mass is 248 g/mol. The molecule has 0 aliphatic heterocycles. The van der Waals surface area contributed by atoms with Gasteiger partial charge in [0.05, 0.1) is 11.2 Å². The second-order valence-corrected chi connectivity index (χ2v) is 5.60. The lowest BCUT2D eigenvalue weighted by Gasteiger charge is -2.04. The van der Waals surface area contributed by atoms with Gasteiger partial charge in [0.1, 0.15) is 10.8 Å². The van der Waals surface area contributed by atoms with Crippen LogP contribution in [0.15, 0.2) is 24.3 Å². The molecule has 2 N–H and O–H groups in total. The molecule has 1 aromatic heterocycles. The number of rotatable bonds is 2. The van der Waals surface area contributed by atoms with E-state index in [0.29, 0.717) is 0 Å². The Kier molecular flexibility index (Phi) is 2.31. The molecule has 0 radical (unpaired) electrons. The Bertz CT molecular complexity index is 573. The zero-order valence-corrected chi connectivity index (χ0v) is 10.4. The summed E-state index contributed by atoms with van der Waals surface area (Å²) in [5.41, 5.74) is 7.84. The van der Waals surface area contributed by atoms with Crippen molar-refractivity contribution in [1.29, 1.82) is 0 Å². The largest absolute Gasteiger partial charge is 0.321 e. The van der Waals surface area contributed by atoms with Gasteiger partial charge < -0.3 is 5.73 Å². The van der Waals surface area contributed by atoms with Gasteiger partial charge in [0.15, 0.2) is 0 Å². The zero-order valence-electron chi connectivity index (χ0n) is 9.53. The Labute approximate surface area is 103 Å². The van der Waals surface area contributed by atoms with Crippen LogP contribution >= 0.6 is 11.3 Å². The van der Waals surface area contributed by atoms with Crippen LogP contribution in [0.5, 0.6) is 0 Å². The van der Waals surface area contributed by atoms with Crippen LogP contribution in [0.1, 0.15) is 23.4 Å². The van der Waals surface area contributed by atoms with E-state index in [4.69, 9.17) is 5.73 Å². The second-order valence-electron chi connectivity index (χ2n) is 4.60. The predicted octanol–water partition coefficient (Wildman–Crippen LogP) is 3.21. The molecule has 2 nitrogen and oxygen atoms in total. The first-order valence-electron chi connectivity index (χ1n) is 5.61. The fourth-order valence-corrected chi connectivity index (χ4v) is 3.19. The van der Waals surface area contributed by atoms with Crippen LogP contribution in [0.25, 0.3) is 10.6 Å². The van der Waals surface area contributed by atoms with Gasteiger partial charge in [-0.05, 0) is 31.9 Å². The first-order chi connectivity index (χ1) is 8.08. The summed E-state index contributed by atoms with van der Waals surface area (Å²) in [6.07, 6.45) is 2.05. The lowest BCUT2D eigenvalue weighted by molar-refractivity contribution is 0.628. The third kappa shape index (κ3) is 1.87. The topological polar surface area (TPSA) is 38.9 Å². The number of halogens is 1. The van der Waals surface area contributed by atoms with Crippen LogP contribution in [0.4, 0.5) is 4.39 Å².